The number of pyridine rings is 1. The quantitative estimate of drug-likeness (QED) is 0.441. The molecule has 0 unspecified atom stereocenters. The summed E-state index contributed by atoms with van der Waals surface area (Å²) in [5.74, 6) is 0.853. The zero-order valence-electron chi connectivity index (χ0n) is 11.2. The summed E-state index contributed by atoms with van der Waals surface area (Å²) < 4.78 is 9.43. The van der Waals surface area contributed by atoms with E-state index in [1.807, 2.05) is 48.0 Å². The molecule has 0 atom stereocenters. The minimum Gasteiger partial charge on any atom is -1.00 e. The monoisotopic (exact) mass is 400 g/mol. The predicted octanol–water partition coefficient (Wildman–Crippen LogP) is 0.0968. The molecule has 0 fully saturated rings. The van der Waals surface area contributed by atoms with Gasteiger partial charge in [0.1, 0.15) is 18.1 Å². The lowest BCUT2D eigenvalue weighted by Gasteiger charge is -2.01. The number of hydrogen-bond acceptors (Lipinski definition) is 1. The summed E-state index contributed by atoms with van der Waals surface area (Å²) in [7, 11) is 3.72. The molecular formula is C15H14ClIN2O. The molecule has 3 aromatic rings. The molecule has 0 radical (unpaired) electrons. The number of benzene rings is 1. The Balaban J connectivity index is 0.00000147. The number of fused-ring (bicyclic) bond motifs is 1. The molecule has 0 bridgehead atoms. The van der Waals surface area contributed by atoms with Gasteiger partial charge in [-0.2, -0.15) is 0 Å². The number of methoxy groups -OCH3 is 1. The molecule has 20 heavy (non-hydrogen) atoms. The zero-order chi connectivity index (χ0) is 13.4. The Labute approximate surface area is 139 Å². The summed E-state index contributed by atoms with van der Waals surface area (Å²) in [4.78, 5) is 0. The summed E-state index contributed by atoms with van der Waals surface area (Å²) in [6.07, 6.45) is 3.97. The van der Waals surface area contributed by atoms with Gasteiger partial charge in [-0.3, -0.25) is 0 Å². The second kappa shape index (κ2) is 6.01. The van der Waals surface area contributed by atoms with Crippen molar-refractivity contribution in [1.29, 1.82) is 0 Å². The van der Waals surface area contributed by atoms with Crippen LogP contribution in [0, 0.1) is 0 Å². The molecule has 0 N–H and O–H groups in total. The summed E-state index contributed by atoms with van der Waals surface area (Å²) in [5, 5.41) is 0.722. The van der Waals surface area contributed by atoms with Crippen molar-refractivity contribution in [3.05, 3.63) is 53.8 Å². The van der Waals surface area contributed by atoms with Gasteiger partial charge in [0, 0.05) is 11.6 Å². The molecule has 0 aliphatic rings. The molecule has 104 valence electrons. The highest BCUT2D eigenvalue weighted by molar-refractivity contribution is 6.30. The van der Waals surface area contributed by atoms with Crippen molar-refractivity contribution in [2.45, 2.75) is 0 Å². The van der Waals surface area contributed by atoms with Crippen LogP contribution in [-0.2, 0) is 7.05 Å². The maximum absolute atomic E-state index is 6.02. The highest BCUT2D eigenvalue weighted by Crippen LogP contribution is 2.24. The fourth-order valence-electron chi connectivity index (χ4n) is 2.26. The Kier molecular flexibility index (Phi) is 4.55. The number of nitrogens with zero attached hydrogens (tertiary/aromatic N) is 2. The molecule has 2 aromatic heterocycles. The van der Waals surface area contributed by atoms with Crippen LogP contribution in [0.4, 0.5) is 0 Å². The fourth-order valence-corrected chi connectivity index (χ4v) is 2.43. The molecule has 3 rings (SSSR count). The smallest absolute Gasteiger partial charge is 0.286 e. The third-order valence-corrected chi connectivity index (χ3v) is 3.47. The van der Waals surface area contributed by atoms with Crippen LogP contribution >= 0.6 is 11.6 Å². The molecule has 0 saturated heterocycles. The van der Waals surface area contributed by atoms with Gasteiger partial charge in [0.15, 0.2) is 5.69 Å². The van der Waals surface area contributed by atoms with E-state index < -0.39 is 0 Å². The standard InChI is InChI=1S/C15H14ClN2O.HI/c1-17-14(11-4-3-5-13(8-11)19-2)10-18-9-12(16)6-7-15(17)18;/h3-10H,1-2H3;1H/q+1;/p-1. The van der Waals surface area contributed by atoms with E-state index in [1.54, 1.807) is 7.11 Å². The zero-order valence-corrected chi connectivity index (χ0v) is 14.1. The van der Waals surface area contributed by atoms with Crippen molar-refractivity contribution in [2.75, 3.05) is 7.11 Å². The van der Waals surface area contributed by atoms with E-state index in [2.05, 4.69) is 16.8 Å². The van der Waals surface area contributed by atoms with Gasteiger partial charge >= 0.3 is 0 Å². The van der Waals surface area contributed by atoms with E-state index in [1.165, 1.54) is 0 Å². The third kappa shape index (κ3) is 2.62. The number of aromatic nitrogens is 2. The van der Waals surface area contributed by atoms with Gasteiger partial charge in [0.25, 0.3) is 5.65 Å². The maximum Gasteiger partial charge on any atom is 0.286 e. The van der Waals surface area contributed by atoms with Crippen LogP contribution in [0.1, 0.15) is 0 Å². The first kappa shape index (κ1) is 15.1. The minimum absolute atomic E-state index is 0. The number of ether oxygens (including phenoxy) is 1. The van der Waals surface area contributed by atoms with Crippen molar-refractivity contribution in [3.63, 3.8) is 0 Å². The Bertz CT molecular complexity index is 755. The SMILES string of the molecule is COc1cccc(-c2c[n+]3cc(Cl)ccc3n2C)c1.[I-]. The molecule has 5 heteroatoms. The highest BCUT2D eigenvalue weighted by atomic mass is 127. The number of hydrogen-bond donors (Lipinski definition) is 0. The van der Waals surface area contributed by atoms with Crippen LogP contribution in [-0.4, -0.2) is 11.7 Å². The molecule has 0 aliphatic carbocycles. The number of rotatable bonds is 2. The molecular weight excluding hydrogens is 387 g/mol. The summed E-state index contributed by atoms with van der Waals surface area (Å²) in [6, 6.07) is 11.9. The average molecular weight is 401 g/mol. The van der Waals surface area contributed by atoms with Crippen molar-refractivity contribution in [2.24, 2.45) is 7.05 Å². The van der Waals surface area contributed by atoms with Gasteiger partial charge < -0.3 is 28.7 Å². The van der Waals surface area contributed by atoms with Crippen molar-refractivity contribution in [3.8, 4) is 17.0 Å². The van der Waals surface area contributed by atoms with Crippen molar-refractivity contribution in [1.82, 2.24) is 4.57 Å². The first-order valence-electron chi connectivity index (χ1n) is 6.00. The van der Waals surface area contributed by atoms with Gasteiger partial charge in [-0.05, 0) is 18.2 Å². The molecule has 1 aromatic carbocycles. The lowest BCUT2D eigenvalue weighted by molar-refractivity contribution is -0.510. The number of aryl methyl sites for hydroxylation is 1. The minimum atomic E-state index is 0. The summed E-state index contributed by atoms with van der Waals surface area (Å²) in [5.41, 5.74) is 3.31. The number of imidazole rings is 1. The van der Waals surface area contributed by atoms with E-state index in [0.717, 1.165) is 27.7 Å². The first-order valence-corrected chi connectivity index (χ1v) is 6.37. The normalized spacial score (nSPS) is 10.3. The largest absolute Gasteiger partial charge is 1.00 e. The maximum atomic E-state index is 6.02. The average Bonchev–Trinajstić information content (AvgIpc) is 2.75. The lowest BCUT2D eigenvalue weighted by Crippen LogP contribution is -3.00. The second-order valence-electron chi connectivity index (χ2n) is 4.42. The van der Waals surface area contributed by atoms with E-state index in [0.29, 0.717) is 0 Å². The van der Waals surface area contributed by atoms with Gasteiger partial charge in [-0.15, -0.1) is 0 Å². The molecule has 0 amide bonds. The van der Waals surface area contributed by atoms with Crippen molar-refractivity contribution < 1.29 is 33.1 Å². The van der Waals surface area contributed by atoms with E-state index in [-0.39, 0.29) is 24.0 Å². The van der Waals surface area contributed by atoms with Gasteiger partial charge in [0.2, 0.25) is 0 Å². The molecule has 3 nitrogen and oxygen atoms in total. The van der Waals surface area contributed by atoms with Gasteiger partial charge in [0.05, 0.1) is 19.2 Å². The molecule has 0 saturated carbocycles. The Morgan fingerprint density at radius 1 is 1.15 bits per heavy atom. The first-order chi connectivity index (χ1) is 9.19. The van der Waals surface area contributed by atoms with Crippen LogP contribution in [0.2, 0.25) is 5.02 Å². The summed E-state index contributed by atoms with van der Waals surface area (Å²) >= 11 is 6.02. The van der Waals surface area contributed by atoms with Crippen LogP contribution in [0.25, 0.3) is 16.9 Å². The van der Waals surface area contributed by atoms with Crippen LogP contribution in [0.5, 0.6) is 5.75 Å². The Morgan fingerprint density at radius 3 is 2.70 bits per heavy atom. The third-order valence-electron chi connectivity index (χ3n) is 3.25. The highest BCUT2D eigenvalue weighted by Gasteiger charge is 2.16. The predicted molar refractivity (Wildman–Crippen MR) is 75.6 cm³/mol. The lowest BCUT2D eigenvalue weighted by atomic mass is 10.1. The summed E-state index contributed by atoms with van der Waals surface area (Å²) in [6.45, 7) is 0. The van der Waals surface area contributed by atoms with E-state index in [4.69, 9.17) is 16.3 Å². The number of halogens is 2. The fraction of sp³-hybridized carbons (Fsp3) is 0.133. The van der Waals surface area contributed by atoms with Crippen LogP contribution in [0.3, 0.4) is 0 Å². The van der Waals surface area contributed by atoms with Gasteiger partial charge in [-0.25, -0.2) is 8.97 Å². The van der Waals surface area contributed by atoms with Crippen LogP contribution < -0.4 is 33.1 Å². The van der Waals surface area contributed by atoms with Gasteiger partial charge in [-0.1, -0.05) is 23.7 Å². The van der Waals surface area contributed by atoms with E-state index in [9.17, 15) is 0 Å². The Hall–Kier alpha value is -1.27. The molecule has 2 heterocycles. The topological polar surface area (TPSA) is 18.3 Å². The van der Waals surface area contributed by atoms with Crippen molar-refractivity contribution >= 4 is 17.2 Å². The second-order valence-corrected chi connectivity index (χ2v) is 4.85. The van der Waals surface area contributed by atoms with Crippen LogP contribution in [0.15, 0.2) is 48.8 Å². The Morgan fingerprint density at radius 2 is 1.95 bits per heavy atom. The molecule has 0 aliphatic heterocycles. The molecule has 0 spiro atoms. The van der Waals surface area contributed by atoms with E-state index >= 15 is 0 Å².